The number of hydrogen-bond acceptors (Lipinski definition) is 6. The number of piperidine rings is 1. The number of aromatic nitrogens is 1. The zero-order chi connectivity index (χ0) is 24.0. The minimum atomic E-state index is -0.642. The normalized spacial score (nSPS) is 21.7. The van der Waals surface area contributed by atoms with Crippen molar-refractivity contribution in [1.29, 1.82) is 0 Å². The van der Waals surface area contributed by atoms with Crippen LogP contribution in [0.3, 0.4) is 0 Å². The predicted octanol–water partition coefficient (Wildman–Crippen LogP) is 2.48. The first-order valence-corrected chi connectivity index (χ1v) is 12.8. The molecule has 1 fully saturated rings. The summed E-state index contributed by atoms with van der Waals surface area (Å²) in [6.07, 6.45) is 3.40. The molecular formula is C24H26N4O5S. The summed E-state index contributed by atoms with van der Waals surface area (Å²) in [6.45, 7) is 1.72. The maximum absolute atomic E-state index is 13.8. The van der Waals surface area contributed by atoms with Crippen LogP contribution in [-0.4, -0.2) is 62.2 Å². The lowest BCUT2D eigenvalue weighted by atomic mass is 9.82. The van der Waals surface area contributed by atoms with Crippen LogP contribution in [0.25, 0.3) is 0 Å². The second kappa shape index (κ2) is 8.90. The van der Waals surface area contributed by atoms with E-state index < -0.39 is 22.2 Å². The number of benzene rings is 1. The van der Waals surface area contributed by atoms with Crippen LogP contribution in [0.1, 0.15) is 40.4 Å². The molecule has 10 heteroatoms. The van der Waals surface area contributed by atoms with Crippen molar-refractivity contribution in [3.63, 3.8) is 0 Å². The van der Waals surface area contributed by atoms with Crippen molar-refractivity contribution in [2.45, 2.75) is 37.9 Å². The third kappa shape index (κ3) is 3.79. The SMILES string of the molecule is CSCC[C@@H](C(=O)N1C[C@H]2C[C@@H](C1)c1ccc([N+](=O)[O-])c(=O)n1C2)N1Cc2ccccc2C1=O. The van der Waals surface area contributed by atoms with Gasteiger partial charge < -0.3 is 14.4 Å². The molecule has 2 bridgehead atoms. The molecule has 9 nitrogen and oxygen atoms in total. The molecule has 178 valence electrons. The summed E-state index contributed by atoms with van der Waals surface area (Å²) in [5, 5.41) is 11.2. The number of likely N-dealkylation sites (tertiary alicyclic amines) is 1. The van der Waals surface area contributed by atoms with Gasteiger partial charge in [0.2, 0.25) is 5.91 Å². The Morgan fingerprint density at radius 2 is 1.97 bits per heavy atom. The van der Waals surface area contributed by atoms with Gasteiger partial charge in [0.1, 0.15) is 6.04 Å². The highest BCUT2D eigenvalue weighted by Crippen LogP contribution is 2.37. The average molecular weight is 483 g/mol. The molecule has 0 saturated carbocycles. The van der Waals surface area contributed by atoms with E-state index in [2.05, 4.69) is 0 Å². The van der Waals surface area contributed by atoms with Gasteiger partial charge in [-0.25, -0.2) is 0 Å². The summed E-state index contributed by atoms with van der Waals surface area (Å²) in [5.41, 5.74) is 1.36. The number of nitrogens with zero attached hydrogens (tertiary/aromatic N) is 4. The number of amides is 2. The molecule has 0 unspecified atom stereocenters. The van der Waals surface area contributed by atoms with Gasteiger partial charge >= 0.3 is 11.2 Å². The maximum atomic E-state index is 13.8. The lowest BCUT2D eigenvalue weighted by molar-refractivity contribution is -0.386. The van der Waals surface area contributed by atoms with Gasteiger partial charge in [-0.1, -0.05) is 18.2 Å². The van der Waals surface area contributed by atoms with Crippen molar-refractivity contribution in [3.8, 4) is 0 Å². The Morgan fingerprint density at radius 3 is 2.71 bits per heavy atom. The third-order valence-corrected chi connectivity index (χ3v) is 7.84. The fourth-order valence-corrected chi connectivity index (χ4v) is 6.09. The first kappa shape index (κ1) is 22.6. The maximum Gasteiger partial charge on any atom is 0.334 e. The predicted molar refractivity (Wildman–Crippen MR) is 128 cm³/mol. The smallest absolute Gasteiger partial charge is 0.334 e. The average Bonchev–Trinajstić information content (AvgIpc) is 3.16. The lowest BCUT2D eigenvalue weighted by Crippen LogP contribution is -2.55. The van der Waals surface area contributed by atoms with Crippen molar-refractivity contribution in [3.05, 3.63) is 73.7 Å². The molecule has 34 heavy (non-hydrogen) atoms. The summed E-state index contributed by atoms with van der Waals surface area (Å²) in [5.74, 6) is 0.596. The molecule has 4 heterocycles. The molecule has 0 N–H and O–H groups in total. The summed E-state index contributed by atoms with van der Waals surface area (Å²) >= 11 is 1.65. The van der Waals surface area contributed by atoms with E-state index in [1.165, 1.54) is 10.6 Å². The summed E-state index contributed by atoms with van der Waals surface area (Å²) in [4.78, 5) is 53.7. The number of fused-ring (bicyclic) bond motifs is 5. The van der Waals surface area contributed by atoms with Crippen LogP contribution in [0.5, 0.6) is 0 Å². The lowest BCUT2D eigenvalue weighted by Gasteiger charge is -2.44. The summed E-state index contributed by atoms with van der Waals surface area (Å²) in [7, 11) is 0. The van der Waals surface area contributed by atoms with Crippen molar-refractivity contribution in [2.75, 3.05) is 25.1 Å². The van der Waals surface area contributed by atoms with E-state index >= 15 is 0 Å². The van der Waals surface area contributed by atoms with E-state index in [4.69, 9.17) is 0 Å². The fourth-order valence-electron chi connectivity index (χ4n) is 5.63. The quantitative estimate of drug-likeness (QED) is 0.463. The molecule has 2 aromatic rings. The van der Waals surface area contributed by atoms with Crippen molar-refractivity contribution < 1.29 is 14.5 Å². The Bertz CT molecular complexity index is 1230. The van der Waals surface area contributed by atoms with Crippen LogP contribution in [0, 0.1) is 16.0 Å². The molecule has 3 aliphatic heterocycles. The van der Waals surface area contributed by atoms with Crippen LogP contribution >= 0.6 is 11.8 Å². The molecule has 5 rings (SSSR count). The van der Waals surface area contributed by atoms with Crippen LogP contribution in [0.4, 0.5) is 5.69 Å². The van der Waals surface area contributed by atoms with Gasteiger partial charge in [-0.3, -0.25) is 24.5 Å². The molecule has 0 radical (unpaired) electrons. The second-order valence-electron chi connectivity index (χ2n) is 9.25. The number of carbonyl (C=O) groups excluding carboxylic acids is 2. The fraction of sp³-hybridized carbons (Fsp3) is 0.458. The standard InChI is InChI=1S/C24H26N4O5S/c1-34-9-8-20(27-14-16-4-2-3-5-18(16)22(27)29)23(30)25-11-15-10-17(13-25)19-6-7-21(28(32)33)24(31)26(19)12-15/h2-7,15,17,20H,8-14H2,1H3/t15-,17+,20+/m1/s1. The van der Waals surface area contributed by atoms with Gasteiger partial charge in [-0.15, -0.1) is 0 Å². The highest BCUT2D eigenvalue weighted by Gasteiger charge is 2.42. The van der Waals surface area contributed by atoms with Gasteiger partial charge in [0.25, 0.3) is 5.91 Å². The monoisotopic (exact) mass is 482 g/mol. The highest BCUT2D eigenvalue weighted by atomic mass is 32.2. The summed E-state index contributed by atoms with van der Waals surface area (Å²) in [6, 6.07) is 9.88. The second-order valence-corrected chi connectivity index (χ2v) is 10.2. The van der Waals surface area contributed by atoms with Crippen LogP contribution in [0.2, 0.25) is 0 Å². The molecule has 0 spiro atoms. The minimum Gasteiger partial charge on any atom is -0.340 e. The molecular weight excluding hydrogens is 456 g/mol. The Kier molecular flexibility index (Phi) is 5.93. The first-order chi connectivity index (χ1) is 16.4. The molecule has 0 aliphatic carbocycles. The molecule has 3 atom stereocenters. The number of pyridine rings is 1. The van der Waals surface area contributed by atoms with Crippen LogP contribution < -0.4 is 5.56 Å². The minimum absolute atomic E-state index is 0.0441. The van der Waals surface area contributed by atoms with E-state index in [0.717, 1.165) is 23.4 Å². The zero-order valence-corrected chi connectivity index (χ0v) is 19.7. The van der Waals surface area contributed by atoms with Crippen molar-refractivity contribution in [1.82, 2.24) is 14.4 Å². The van der Waals surface area contributed by atoms with Crippen molar-refractivity contribution >= 4 is 29.3 Å². The highest BCUT2D eigenvalue weighted by molar-refractivity contribution is 7.98. The zero-order valence-electron chi connectivity index (χ0n) is 18.9. The Hall–Kier alpha value is -3.14. The van der Waals surface area contributed by atoms with Crippen molar-refractivity contribution in [2.24, 2.45) is 5.92 Å². The number of rotatable bonds is 6. The van der Waals surface area contributed by atoms with E-state index in [0.29, 0.717) is 38.2 Å². The molecule has 1 aromatic carbocycles. The number of carbonyl (C=O) groups is 2. The molecule has 1 saturated heterocycles. The molecule has 2 amide bonds. The van der Waals surface area contributed by atoms with Crippen LogP contribution in [-0.2, 0) is 17.9 Å². The van der Waals surface area contributed by atoms with E-state index in [1.54, 1.807) is 22.7 Å². The molecule has 1 aromatic heterocycles. The van der Waals surface area contributed by atoms with Gasteiger partial charge in [-0.2, -0.15) is 11.8 Å². The van der Waals surface area contributed by atoms with Gasteiger partial charge in [-0.05, 0) is 48.5 Å². The number of thioether (sulfide) groups is 1. The topological polar surface area (TPSA) is 106 Å². The number of nitro groups is 1. The first-order valence-electron chi connectivity index (χ1n) is 11.4. The van der Waals surface area contributed by atoms with Crippen LogP contribution in [0.15, 0.2) is 41.2 Å². The Labute approximate surface area is 200 Å². The van der Waals surface area contributed by atoms with Gasteiger partial charge in [0.05, 0.1) is 4.92 Å². The van der Waals surface area contributed by atoms with E-state index in [9.17, 15) is 24.5 Å². The van der Waals surface area contributed by atoms with E-state index in [-0.39, 0.29) is 23.7 Å². The summed E-state index contributed by atoms with van der Waals surface area (Å²) < 4.78 is 1.52. The van der Waals surface area contributed by atoms with Gasteiger partial charge in [0.15, 0.2) is 0 Å². The van der Waals surface area contributed by atoms with Gasteiger partial charge in [0, 0.05) is 49.4 Å². The largest absolute Gasteiger partial charge is 0.340 e. The Morgan fingerprint density at radius 1 is 1.18 bits per heavy atom. The molecule has 3 aliphatic rings. The van der Waals surface area contributed by atoms with E-state index in [1.807, 2.05) is 35.4 Å². The third-order valence-electron chi connectivity index (χ3n) is 7.20. The Balaban J connectivity index is 1.40. The number of hydrogen-bond donors (Lipinski definition) is 0.